The fourth-order valence-electron chi connectivity index (χ4n) is 2.51. The minimum Gasteiger partial charge on any atom is -0.391 e. The SMILES string of the molecule is CCCC(O)CNC(=O)C1CNCc2ccccc21. The Kier molecular flexibility index (Phi) is 4.93. The number of carbonyl (C=O) groups is 1. The normalized spacial score (nSPS) is 19.6. The summed E-state index contributed by atoms with van der Waals surface area (Å²) < 4.78 is 0. The molecular formula is C15H22N2O2. The molecule has 4 heteroatoms. The molecule has 1 aliphatic rings. The monoisotopic (exact) mass is 262 g/mol. The zero-order chi connectivity index (χ0) is 13.7. The van der Waals surface area contributed by atoms with Crippen molar-refractivity contribution in [2.45, 2.75) is 38.3 Å². The average molecular weight is 262 g/mol. The number of aliphatic hydroxyl groups excluding tert-OH is 1. The van der Waals surface area contributed by atoms with Crippen molar-refractivity contribution in [1.29, 1.82) is 0 Å². The summed E-state index contributed by atoms with van der Waals surface area (Å²) in [5, 5.41) is 15.8. The highest BCUT2D eigenvalue weighted by atomic mass is 16.3. The van der Waals surface area contributed by atoms with Gasteiger partial charge in [0.1, 0.15) is 0 Å². The Labute approximate surface area is 114 Å². The van der Waals surface area contributed by atoms with E-state index in [0.29, 0.717) is 13.1 Å². The van der Waals surface area contributed by atoms with E-state index in [0.717, 1.165) is 24.9 Å². The van der Waals surface area contributed by atoms with Crippen molar-refractivity contribution in [3.63, 3.8) is 0 Å². The van der Waals surface area contributed by atoms with Crippen molar-refractivity contribution >= 4 is 5.91 Å². The van der Waals surface area contributed by atoms with Gasteiger partial charge in [0.05, 0.1) is 12.0 Å². The number of fused-ring (bicyclic) bond motifs is 1. The molecule has 0 saturated heterocycles. The Morgan fingerprint density at radius 3 is 3.11 bits per heavy atom. The molecule has 2 unspecified atom stereocenters. The van der Waals surface area contributed by atoms with Crippen LogP contribution in [0.1, 0.15) is 36.8 Å². The van der Waals surface area contributed by atoms with Crippen molar-refractivity contribution in [3.8, 4) is 0 Å². The quantitative estimate of drug-likeness (QED) is 0.746. The Morgan fingerprint density at radius 1 is 1.53 bits per heavy atom. The van der Waals surface area contributed by atoms with Gasteiger partial charge >= 0.3 is 0 Å². The van der Waals surface area contributed by atoms with Crippen LogP contribution in [-0.2, 0) is 11.3 Å². The molecule has 1 aliphatic heterocycles. The van der Waals surface area contributed by atoms with E-state index < -0.39 is 6.10 Å². The van der Waals surface area contributed by atoms with E-state index >= 15 is 0 Å². The van der Waals surface area contributed by atoms with E-state index in [-0.39, 0.29) is 11.8 Å². The van der Waals surface area contributed by atoms with Gasteiger partial charge in [-0.1, -0.05) is 37.6 Å². The highest BCUT2D eigenvalue weighted by molar-refractivity contribution is 5.84. The molecule has 19 heavy (non-hydrogen) atoms. The Hall–Kier alpha value is -1.39. The predicted octanol–water partition coefficient (Wildman–Crippen LogP) is 1.15. The van der Waals surface area contributed by atoms with Gasteiger partial charge in [0.2, 0.25) is 5.91 Å². The summed E-state index contributed by atoms with van der Waals surface area (Å²) in [6, 6.07) is 8.03. The number of benzene rings is 1. The van der Waals surface area contributed by atoms with Crippen molar-refractivity contribution in [2.75, 3.05) is 13.1 Å². The number of amides is 1. The summed E-state index contributed by atoms with van der Waals surface area (Å²) in [5.74, 6) is -0.159. The molecule has 0 spiro atoms. The maximum absolute atomic E-state index is 12.2. The second-order valence-electron chi connectivity index (χ2n) is 5.07. The molecule has 0 fully saturated rings. The molecule has 3 N–H and O–H groups in total. The third-order valence-electron chi connectivity index (χ3n) is 3.54. The summed E-state index contributed by atoms with van der Waals surface area (Å²) in [6.45, 7) is 3.84. The minimum atomic E-state index is -0.444. The van der Waals surface area contributed by atoms with E-state index in [9.17, 15) is 9.90 Å². The lowest BCUT2D eigenvalue weighted by Gasteiger charge is -2.26. The number of carbonyl (C=O) groups excluding carboxylic acids is 1. The molecule has 1 aromatic carbocycles. The maximum Gasteiger partial charge on any atom is 0.228 e. The lowest BCUT2D eigenvalue weighted by molar-refractivity contribution is -0.123. The van der Waals surface area contributed by atoms with E-state index in [1.807, 2.05) is 31.2 Å². The van der Waals surface area contributed by atoms with E-state index in [4.69, 9.17) is 0 Å². The van der Waals surface area contributed by atoms with Crippen LogP contribution in [0.15, 0.2) is 24.3 Å². The van der Waals surface area contributed by atoms with Crippen molar-refractivity contribution in [1.82, 2.24) is 10.6 Å². The highest BCUT2D eigenvalue weighted by Crippen LogP contribution is 2.23. The summed E-state index contributed by atoms with van der Waals surface area (Å²) in [4.78, 5) is 12.2. The third-order valence-corrected chi connectivity index (χ3v) is 3.54. The van der Waals surface area contributed by atoms with Gasteiger partial charge in [-0.3, -0.25) is 4.79 Å². The fraction of sp³-hybridized carbons (Fsp3) is 0.533. The lowest BCUT2D eigenvalue weighted by atomic mass is 9.90. The number of rotatable bonds is 5. The van der Waals surface area contributed by atoms with Gasteiger partial charge in [-0.05, 0) is 17.5 Å². The zero-order valence-corrected chi connectivity index (χ0v) is 11.4. The molecule has 4 nitrogen and oxygen atoms in total. The number of aliphatic hydroxyl groups is 1. The second-order valence-corrected chi connectivity index (χ2v) is 5.07. The van der Waals surface area contributed by atoms with Crippen LogP contribution in [0.3, 0.4) is 0 Å². The summed E-state index contributed by atoms with van der Waals surface area (Å²) in [6.07, 6.45) is 1.20. The van der Waals surface area contributed by atoms with Crippen LogP contribution in [-0.4, -0.2) is 30.2 Å². The molecule has 2 atom stereocenters. The highest BCUT2D eigenvalue weighted by Gasteiger charge is 2.25. The van der Waals surface area contributed by atoms with Crippen LogP contribution in [0.5, 0.6) is 0 Å². The summed E-state index contributed by atoms with van der Waals surface area (Å²) in [5.41, 5.74) is 2.28. The predicted molar refractivity (Wildman–Crippen MR) is 74.8 cm³/mol. The largest absolute Gasteiger partial charge is 0.391 e. The molecule has 1 amide bonds. The van der Waals surface area contributed by atoms with Gasteiger partial charge in [0.25, 0.3) is 0 Å². The van der Waals surface area contributed by atoms with Crippen molar-refractivity contribution < 1.29 is 9.90 Å². The van der Waals surface area contributed by atoms with Crippen LogP contribution in [0.4, 0.5) is 0 Å². The van der Waals surface area contributed by atoms with E-state index in [2.05, 4.69) is 10.6 Å². The van der Waals surface area contributed by atoms with Gasteiger partial charge in [-0.2, -0.15) is 0 Å². The Morgan fingerprint density at radius 2 is 2.32 bits per heavy atom. The molecular weight excluding hydrogens is 240 g/mol. The van der Waals surface area contributed by atoms with Crippen LogP contribution >= 0.6 is 0 Å². The smallest absolute Gasteiger partial charge is 0.228 e. The molecule has 0 aliphatic carbocycles. The fourth-order valence-corrected chi connectivity index (χ4v) is 2.51. The van der Waals surface area contributed by atoms with Crippen molar-refractivity contribution in [3.05, 3.63) is 35.4 Å². The van der Waals surface area contributed by atoms with Gasteiger partial charge < -0.3 is 15.7 Å². The van der Waals surface area contributed by atoms with Gasteiger partial charge in [0.15, 0.2) is 0 Å². The summed E-state index contributed by atoms with van der Waals surface area (Å²) >= 11 is 0. The molecule has 2 rings (SSSR count). The first kappa shape index (κ1) is 14.0. The molecule has 1 heterocycles. The van der Waals surface area contributed by atoms with Crippen LogP contribution < -0.4 is 10.6 Å². The molecule has 0 bridgehead atoms. The number of hydrogen-bond acceptors (Lipinski definition) is 3. The zero-order valence-electron chi connectivity index (χ0n) is 11.4. The first-order valence-electron chi connectivity index (χ1n) is 6.96. The van der Waals surface area contributed by atoms with E-state index in [1.54, 1.807) is 0 Å². The van der Waals surface area contributed by atoms with Gasteiger partial charge in [0, 0.05) is 19.6 Å². The number of nitrogens with one attached hydrogen (secondary N) is 2. The minimum absolute atomic E-state index is 0.00481. The number of hydrogen-bond donors (Lipinski definition) is 3. The van der Waals surface area contributed by atoms with Gasteiger partial charge in [-0.15, -0.1) is 0 Å². The van der Waals surface area contributed by atoms with Crippen LogP contribution in [0, 0.1) is 0 Å². The first-order valence-corrected chi connectivity index (χ1v) is 6.96. The standard InChI is InChI=1S/C15H22N2O2/c1-2-5-12(18)9-17-15(19)14-10-16-8-11-6-3-4-7-13(11)14/h3-4,6-7,12,14,16,18H,2,5,8-10H2,1H3,(H,17,19). The average Bonchev–Trinajstić information content (AvgIpc) is 2.44. The third kappa shape index (κ3) is 3.55. The Bertz CT molecular complexity index is 434. The summed E-state index contributed by atoms with van der Waals surface area (Å²) in [7, 11) is 0. The molecule has 0 radical (unpaired) electrons. The van der Waals surface area contributed by atoms with Crippen LogP contribution in [0.2, 0.25) is 0 Å². The van der Waals surface area contributed by atoms with Crippen LogP contribution in [0.25, 0.3) is 0 Å². The topological polar surface area (TPSA) is 61.4 Å². The van der Waals surface area contributed by atoms with E-state index in [1.165, 1.54) is 5.56 Å². The van der Waals surface area contributed by atoms with Crippen molar-refractivity contribution in [2.24, 2.45) is 0 Å². The second kappa shape index (κ2) is 6.68. The van der Waals surface area contributed by atoms with Gasteiger partial charge in [-0.25, -0.2) is 0 Å². The Balaban J connectivity index is 1.97. The molecule has 0 saturated carbocycles. The lowest BCUT2D eigenvalue weighted by Crippen LogP contribution is -2.41. The first-order chi connectivity index (χ1) is 9.22. The molecule has 0 aromatic heterocycles. The molecule has 1 aromatic rings. The maximum atomic E-state index is 12.2. The molecule has 104 valence electrons.